The van der Waals surface area contributed by atoms with Gasteiger partial charge in [-0.15, -0.1) is 0 Å². The second kappa shape index (κ2) is 7.58. The van der Waals surface area contributed by atoms with Gasteiger partial charge in [-0.05, 0) is 50.3 Å². The van der Waals surface area contributed by atoms with E-state index in [-0.39, 0.29) is 29.7 Å². The fraction of sp³-hybridized carbons (Fsp3) is 0.381. The molecule has 0 saturated carbocycles. The molecule has 3 aromatic rings. The van der Waals surface area contributed by atoms with Crippen LogP contribution in [0.25, 0.3) is 5.52 Å². The van der Waals surface area contributed by atoms with E-state index in [1.165, 1.54) is 12.1 Å². The van der Waals surface area contributed by atoms with Crippen molar-refractivity contribution in [2.45, 2.75) is 51.6 Å². The van der Waals surface area contributed by atoms with Gasteiger partial charge in [0.1, 0.15) is 11.3 Å². The Morgan fingerprint density at radius 1 is 1.21 bits per heavy atom. The predicted molar refractivity (Wildman–Crippen MR) is 104 cm³/mol. The third kappa shape index (κ3) is 3.56. The highest BCUT2D eigenvalue weighted by Gasteiger charge is 2.19. The van der Waals surface area contributed by atoms with Gasteiger partial charge in [-0.1, -0.05) is 12.1 Å². The number of aromatic nitrogens is 3. The minimum atomic E-state index is -0.306. The van der Waals surface area contributed by atoms with E-state index in [0.717, 1.165) is 42.5 Å². The van der Waals surface area contributed by atoms with Gasteiger partial charge in [-0.25, -0.2) is 8.91 Å². The summed E-state index contributed by atoms with van der Waals surface area (Å²) in [5.41, 5.74) is 3.45. The van der Waals surface area contributed by atoms with Crippen LogP contribution in [0, 0.1) is 5.82 Å². The SMILES string of the molecule is CC(NC(=O)CCn1ccn2nc3c(c2c1=O)CCCC3)c1ccc(F)cc1. The van der Waals surface area contributed by atoms with Crippen LogP contribution >= 0.6 is 0 Å². The Hall–Kier alpha value is -2.96. The van der Waals surface area contributed by atoms with E-state index < -0.39 is 0 Å². The zero-order valence-electron chi connectivity index (χ0n) is 15.8. The molecular formula is C21H23FN4O2. The second-order valence-electron chi connectivity index (χ2n) is 7.31. The Morgan fingerprint density at radius 2 is 1.96 bits per heavy atom. The number of hydrogen-bond acceptors (Lipinski definition) is 3. The van der Waals surface area contributed by atoms with Crippen molar-refractivity contribution < 1.29 is 9.18 Å². The molecule has 1 aliphatic rings. The summed E-state index contributed by atoms with van der Waals surface area (Å²) in [7, 11) is 0. The average molecular weight is 382 g/mol. The van der Waals surface area contributed by atoms with Gasteiger partial charge in [0.05, 0.1) is 11.7 Å². The molecule has 1 aromatic carbocycles. The Bertz CT molecular complexity index is 1070. The largest absolute Gasteiger partial charge is 0.350 e. The standard InChI is InChI=1S/C21H23FN4O2/c1-14(15-6-8-16(22)9-7-15)23-19(27)10-11-25-12-13-26-20(21(25)28)17-4-2-3-5-18(17)24-26/h6-9,12-14H,2-5,10-11H2,1H3,(H,23,27). The molecule has 7 heteroatoms. The van der Waals surface area contributed by atoms with E-state index in [2.05, 4.69) is 10.4 Å². The van der Waals surface area contributed by atoms with Crippen molar-refractivity contribution in [2.24, 2.45) is 0 Å². The highest BCUT2D eigenvalue weighted by Crippen LogP contribution is 2.22. The summed E-state index contributed by atoms with van der Waals surface area (Å²) in [4.78, 5) is 25.2. The quantitative estimate of drug-likeness (QED) is 0.738. The number of halogens is 1. The molecule has 1 amide bonds. The van der Waals surface area contributed by atoms with E-state index in [0.29, 0.717) is 12.1 Å². The van der Waals surface area contributed by atoms with E-state index in [4.69, 9.17) is 0 Å². The Labute approximate surface area is 162 Å². The number of carbonyl (C=O) groups is 1. The van der Waals surface area contributed by atoms with Gasteiger partial charge in [0, 0.05) is 30.9 Å². The normalized spacial score (nSPS) is 14.6. The molecule has 2 heterocycles. The van der Waals surface area contributed by atoms with Crippen LogP contribution in [0.5, 0.6) is 0 Å². The summed E-state index contributed by atoms with van der Waals surface area (Å²) >= 11 is 0. The number of carbonyl (C=O) groups excluding carboxylic acids is 1. The number of fused-ring (bicyclic) bond motifs is 3. The van der Waals surface area contributed by atoms with Crippen molar-refractivity contribution in [3.05, 3.63) is 69.7 Å². The summed E-state index contributed by atoms with van der Waals surface area (Å²) in [6.07, 6.45) is 7.65. The first-order chi connectivity index (χ1) is 13.5. The van der Waals surface area contributed by atoms with Gasteiger partial charge >= 0.3 is 0 Å². The molecule has 0 spiro atoms. The van der Waals surface area contributed by atoms with E-state index in [1.807, 2.05) is 6.92 Å². The first-order valence-corrected chi connectivity index (χ1v) is 9.67. The number of amides is 1. The van der Waals surface area contributed by atoms with E-state index in [1.54, 1.807) is 33.6 Å². The molecule has 1 N–H and O–H groups in total. The molecule has 0 aliphatic heterocycles. The van der Waals surface area contributed by atoms with Gasteiger partial charge < -0.3 is 9.88 Å². The van der Waals surface area contributed by atoms with Crippen molar-refractivity contribution in [3.8, 4) is 0 Å². The van der Waals surface area contributed by atoms with Gasteiger partial charge in [0.25, 0.3) is 5.56 Å². The summed E-state index contributed by atoms with van der Waals surface area (Å²) in [6, 6.07) is 5.83. The molecule has 1 unspecified atom stereocenters. The van der Waals surface area contributed by atoms with Crippen LogP contribution in [0.3, 0.4) is 0 Å². The summed E-state index contributed by atoms with van der Waals surface area (Å²) in [5.74, 6) is -0.460. The smallest absolute Gasteiger partial charge is 0.276 e. The molecule has 28 heavy (non-hydrogen) atoms. The maximum Gasteiger partial charge on any atom is 0.276 e. The molecule has 146 valence electrons. The molecule has 0 bridgehead atoms. The zero-order valence-corrected chi connectivity index (χ0v) is 15.8. The Balaban J connectivity index is 1.45. The Kier molecular flexibility index (Phi) is 4.98. The number of aryl methyl sites for hydroxylation is 3. The van der Waals surface area contributed by atoms with Crippen LogP contribution in [0.4, 0.5) is 4.39 Å². The van der Waals surface area contributed by atoms with Crippen molar-refractivity contribution in [1.29, 1.82) is 0 Å². The van der Waals surface area contributed by atoms with Crippen LogP contribution in [0.15, 0.2) is 41.5 Å². The third-order valence-electron chi connectivity index (χ3n) is 5.36. The highest BCUT2D eigenvalue weighted by atomic mass is 19.1. The molecular weight excluding hydrogens is 359 g/mol. The zero-order chi connectivity index (χ0) is 19.7. The topological polar surface area (TPSA) is 68.4 Å². The summed E-state index contributed by atoms with van der Waals surface area (Å²) in [5, 5.41) is 7.42. The van der Waals surface area contributed by atoms with Crippen molar-refractivity contribution in [3.63, 3.8) is 0 Å². The van der Waals surface area contributed by atoms with Crippen LogP contribution in [-0.4, -0.2) is 20.1 Å². The van der Waals surface area contributed by atoms with Crippen LogP contribution < -0.4 is 10.9 Å². The van der Waals surface area contributed by atoms with Gasteiger partial charge in [-0.2, -0.15) is 5.10 Å². The minimum Gasteiger partial charge on any atom is -0.350 e. The lowest BCUT2D eigenvalue weighted by Crippen LogP contribution is -2.29. The van der Waals surface area contributed by atoms with Crippen LogP contribution in [-0.2, 0) is 24.2 Å². The van der Waals surface area contributed by atoms with Crippen LogP contribution in [0.1, 0.15) is 49.0 Å². The lowest BCUT2D eigenvalue weighted by molar-refractivity contribution is -0.121. The molecule has 0 fully saturated rings. The minimum absolute atomic E-state index is 0.0995. The number of benzene rings is 1. The fourth-order valence-corrected chi connectivity index (χ4v) is 3.80. The number of nitrogens with one attached hydrogen (secondary N) is 1. The predicted octanol–water partition coefficient (Wildman–Crippen LogP) is 2.78. The van der Waals surface area contributed by atoms with Crippen molar-refractivity contribution in [1.82, 2.24) is 19.5 Å². The lowest BCUT2D eigenvalue weighted by Gasteiger charge is -2.15. The monoisotopic (exact) mass is 382 g/mol. The summed E-state index contributed by atoms with van der Waals surface area (Å²) < 4.78 is 16.3. The van der Waals surface area contributed by atoms with Gasteiger partial charge in [-0.3, -0.25) is 9.59 Å². The van der Waals surface area contributed by atoms with E-state index >= 15 is 0 Å². The summed E-state index contributed by atoms with van der Waals surface area (Å²) in [6.45, 7) is 2.15. The molecule has 1 aliphatic carbocycles. The van der Waals surface area contributed by atoms with E-state index in [9.17, 15) is 14.0 Å². The lowest BCUT2D eigenvalue weighted by atomic mass is 9.97. The molecule has 2 aromatic heterocycles. The van der Waals surface area contributed by atoms with Crippen molar-refractivity contribution in [2.75, 3.05) is 0 Å². The number of hydrogen-bond donors (Lipinski definition) is 1. The maximum absolute atomic E-state index is 13.0. The first-order valence-electron chi connectivity index (χ1n) is 9.67. The van der Waals surface area contributed by atoms with Crippen molar-refractivity contribution >= 4 is 11.4 Å². The number of rotatable bonds is 5. The molecule has 0 saturated heterocycles. The maximum atomic E-state index is 13.0. The molecule has 1 atom stereocenters. The molecule has 4 rings (SSSR count). The van der Waals surface area contributed by atoms with Gasteiger partial charge in [0.15, 0.2) is 0 Å². The molecule has 0 radical (unpaired) electrons. The first kappa shape index (κ1) is 18.4. The highest BCUT2D eigenvalue weighted by molar-refractivity contribution is 5.76. The molecule has 6 nitrogen and oxygen atoms in total. The average Bonchev–Trinajstić information content (AvgIpc) is 3.07. The Morgan fingerprint density at radius 3 is 2.75 bits per heavy atom. The number of nitrogens with zero attached hydrogens (tertiary/aromatic N) is 3. The van der Waals surface area contributed by atoms with Crippen LogP contribution in [0.2, 0.25) is 0 Å². The fourth-order valence-electron chi connectivity index (χ4n) is 3.80. The van der Waals surface area contributed by atoms with Gasteiger partial charge in [0.2, 0.25) is 5.91 Å². The third-order valence-corrected chi connectivity index (χ3v) is 5.36. The second-order valence-corrected chi connectivity index (χ2v) is 7.31.